The molecule has 0 aliphatic heterocycles. The maximum Gasteiger partial charge on any atom is 0.330 e. The lowest BCUT2D eigenvalue weighted by molar-refractivity contribution is -0.139. The minimum absolute atomic E-state index is 0.301. The lowest BCUT2D eigenvalue weighted by Gasteiger charge is -2.17. The first-order valence-electron chi connectivity index (χ1n) is 7.30. The van der Waals surface area contributed by atoms with Crippen molar-refractivity contribution in [3.63, 3.8) is 0 Å². The Bertz CT molecular complexity index is 916. The van der Waals surface area contributed by atoms with Gasteiger partial charge in [-0.15, -0.1) is 0 Å². The number of hydrogen-bond acceptors (Lipinski definition) is 5. The van der Waals surface area contributed by atoms with Crippen molar-refractivity contribution in [1.29, 1.82) is 0 Å². The van der Waals surface area contributed by atoms with E-state index in [-0.39, 0.29) is 5.76 Å². The first-order chi connectivity index (χ1) is 11.7. The van der Waals surface area contributed by atoms with Crippen LogP contribution in [0.15, 0.2) is 39.8 Å². The molecule has 0 radical (unpaired) electrons. The number of sulfonamides is 1. The van der Waals surface area contributed by atoms with Crippen LogP contribution < -0.4 is 10.0 Å². The molecular formula is C16H18N2O6S. The van der Waals surface area contributed by atoms with Crippen molar-refractivity contribution >= 4 is 21.9 Å². The number of carbonyl (C=O) groups is 2. The van der Waals surface area contributed by atoms with E-state index in [1.807, 2.05) is 13.0 Å². The summed E-state index contributed by atoms with van der Waals surface area (Å²) in [5, 5.41) is 11.4. The van der Waals surface area contributed by atoms with Crippen LogP contribution in [0.25, 0.3) is 0 Å². The summed E-state index contributed by atoms with van der Waals surface area (Å²) in [5.74, 6) is -2.37. The number of carboxylic acid groups (broad SMARTS) is 1. The van der Waals surface area contributed by atoms with Crippen molar-refractivity contribution in [3.05, 3.63) is 52.8 Å². The summed E-state index contributed by atoms with van der Waals surface area (Å²) >= 11 is 0. The third-order valence-corrected chi connectivity index (χ3v) is 5.11. The van der Waals surface area contributed by atoms with E-state index in [1.165, 1.54) is 13.1 Å². The van der Waals surface area contributed by atoms with Crippen LogP contribution in [-0.4, -0.2) is 32.4 Å². The van der Waals surface area contributed by atoms with Gasteiger partial charge in [0, 0.05) is 0 Å². The van der Waals surface area contributed by atoms with Gasteiger partial charge in [0.15, 0.2) is 11.8 Å². The standard InChI is InChI=1S/C16H18N2O6S/c1-9-5-4-6-11(10(9)2)14(16(20)21)18-15(19)12-7-8-13(24-12)25(22,23)17-3/h4-8,14,17H,1-3H3,(H,18,19)(H,20,21). The Hall–Kier alpha value is -2.65. The van der Waals surface area contributed by atoms with E-state index < -0.39 is 33.0 Å². The van der Waals surface area contributed by atoms with Gasteiger partial charge in [0.25, 0.3) is 15.9 Å². The Balaban J connectivity index is 2.31. The summed E-state index contributed by atoms with van der Waals surface area (Å²) in [5.41, 5.74) is 2.07. The maximum absolute atomic E-state index is 12.3. The van der Waals surface area contributed by atoms with Crippen LogP contribution in [0.3, 0.4) is 0 Å². The van der Waals surface area contributed by atoms with Crippen LogP contribution in [0.5, 0.6) is 0 Å². The number of hydrogen-bond donors (Lipinski definition) is 3. The first-order valence-corrected chi connectivity index (χ1v) is 8.79. The first kappa shape index (κ1) is 18.7. The van der Waals surface area contributed by atoms with Gasteiger partial charge in [-0.25, -0.2) is 17.9 Å². The van der Waals surface area contributed by atoms with E-state index in [0.717, 1.165) is 17.2 Å². The highest BCUT2D eigenvalue weighted by Crippen LogP contribution is 2.22. The van der Waals surface area contributed by atoms with Crippen LogP contribution in [0.1, 0.15) is 33.3 Å². The molecule has 1 unspecified atom stereocenters. The number of furan rings is 1. The summed E-state index contributed by atoms with van der Waals surface area (Å²) in [4.78, 5) is 23.9. The molecule has 1 amide bonds. The lowest BCUT2D eigenvalue weighted by atomic mass is 9.97. The summed E-state index contributed by atoms with van der Waals surface area (Å²) in [6, 6.07) is 6.14. The number of amides is 1. The quantitative estimate of drug-likeness (QED) is 0.709. The Labute approximate surface area is 144 Å². The molecular weight excluding hydrogens is 348 g/mol. The predicted molar refractivity (Wildman–Crippen MR) is 88.7 cm³/mol. The van der Waals surface area contributed by atoms with Crippen LogP contribution in [0.2, 0.25) is 0 Å². The summed E-state index contributed by atoms with van der Waals surface area (Å²) in [7, 11) is -2.63. The van der Waals surface area contributed by atoms with Crippen molar-refractivity contribution in [2.24, 2.45) is 0 Å². The fourth-order valence-electron chi connectivity index (χ4n) is 2.25. The van der Waals surface area contributed by atoms with Gasteiger partial charge in [-0.2, -0.15) is 0 Å². The molecule has 3 N–H and O–H groups in total. The smallest absolute Gasteiger partial charge is 0.330 e. The largest absolute Gasteiger partial charge is 0.479 e. The zero-order chi connectivity index (χ0) is 18.8. The van der Waals surface area contributed by atoms with Crippen molar-refractivity contribution in [3.8, 4) is 0 Å². The number of nitrogens with one attached hydrogen (secondary N) is 2. The van der Waals surface area contributed by atoms with E-state index in [9.17, 15) is 23.1 Å². The number of carboxylic acids is 1. The predicted octanol–water partition coefficient (Wildman–Crippen LogP) is 1.36. The molecule has 0 spiro atoms. The van der Waals surface area contributed by atoms with E-state index in [2.05, 4.69) is 10.0 Å². The van der Waals surface area contributed by atoms with Gasteiger partial charge >= 0.3 is 5.97 Å². The molecule has 8 nitrogen and oxygen atoms in total. The molecule has 1 aromatic carbocycles. The molecule has 9 heteroatoms. The third-order valence-electron chi connectivity index (χ3n) is 3.82. The van der Waals surface area contributed by atoms with Gasteiger partial charge in [-0.3, -0.25) is 4.79 Å². The van der Waals surface area contributed by atoms with Crippen molar-refractivity contribution in [2.75, 3.05) is 7.05 Å². The molecule has 1 atom stereocenters. The Morgan fingerprint density at radius 3 is 2.44 bits per heavy atom. The molecule has 0 saturated heterocycles. The highest BCUT2D eigenvalue weighted by Gasteiger charge is 2.27. The van der Waals surface area contributed by atoms with Crippen molar-refractivity contribution in [2.45, 2.75) is 25.0 Å². The fraction of sp³-hybridized carbons (Fsp3) is 0.250. The second-order valence-electron chi connectivity index (χ2n) is 5.36. The average molecular weight is 366 g/mol. The molecule has 134 valence electrons. The zero-order valence-electron chi connectivity index (χ0n) is 13.9. The SMILES string of the molecule is CNS(=O)(=O)c1ccc(C(=O)NC(C(=O)O)c2cccc(C)c2C)o1. The lowest BCUT2D eigenvalue weighted by Crippen LogP contribution is -2.34. The van der Waals surface area contributed by atoms with Crippen LogP contribution >= 0.6 is 0 Å². The highest BCUT2D eigenvalue weighted by molar-refractivity contribution is 7.89. The van der Waals surface area contributed by atoms with Gasteiger partial charge in [-0.1, -0.05) is 18.2 Å². The number of aliphatic carboxylic acids is 1. The maximum atomic E-state index is 12.3. The van der Waals surface area contributed by atoms with Gasteiger partial charge < -0.3 is 14.8 Å². The van der Waals surface area contributed by atoms with E-state index >= 15 is 0 Å². The molecule has 0 fully saturated rings. The second kappa shape index (κ2) is 7.08. The number of rotatable bonds is 6. The Kier molecular flexibility index (Phi) is 5.29. The Morgan fingerprint density at radius 1 is 1.16 bits per heavy atom. The molecule has 0 saturated carbocycles. The highest BCUT2D eigenvalue weighted by atomic mass is 32.2. The van der Waals surface area contributed by atoms with Gasteiger partial charge in [0.05, 0.1) is 0 Å². The Morgan fingerprint density at radius 2 is 1.84 bits per heavy atom. The molecule has 2 aromatic rings. The molecule has 0 aliphatic carbocycles. The third kappa shape index (κ3) is 3.89. The van der Waals surface area contributed by atoms with Crippen LogP contribution in [-0.2, 0) is 14.8 Å². The summed E-state index contributed by atoms with van der Waals surface area (Å²) in [6.07, 6.45) is 0. The molecule has 0 bridgehead atoms. The summed E-state index contributed by atoms with van der Waals surface area (Å²) in [6.45, 7) is 3.60. The second-order valence-corrected chi connectivity index (χ2v) is 7.18. The monoisotopic (exact) mass is 366 g/mol. The molecule has 2 rings (SSSR count). The number of benzene rings is 1. The van der Waals surface area contributed by atoms with Crippen LogP contribution in [0, 0.1) is 13.8 Å². The minimum Gasteiger partial charge on any atom is -0.479 e. The molecule has 25 heavy (non-hydrogen) atoms. The van der Waals surface area contributed by atoms with Gasteiger partial charge in [-0.05, 0) is 49.7 Å². The van der Waals surface area contributed by atoms with E-state index in [4.69, 9.17) is 4.42 Å². The van der Waals surface area contributed by atoms with Gasteiger partial charge in [0.1, 0.15) is 0 Å². The van der Waals surface area contributed by atoms with Crippen LogP contribution in [0.4, 0.5) is 0 Å². The van der Waals surface area contributed by atoms with E-state index in [1.54, 1.807) is 19.1 Å². The fourth-order valence-corrected chi connectivity index (χ4v) is 2.90. The molecule has 1 aromatic heterocycles. The van der Waals surface area contributed by atoms with Crippen molar-refractivity contribution in [1.82, 2.24) is 10.0 Å². The van der Waals surface area contributed by atoms with E-state index in [0.29, 0.717) is 5.56 Å². The zero-order valence-corrected chi connectivity index (χ0v) is 14.7. The average Bonchev–Trinajstić information content (AvgIpc) is 3.06. The topological polar surface area (TPSA) is 126 Å². The molecule has 0 aliphatic rings. The molecule has 1 heterocycles. The normalized spacial score (nSPS) is 12.6. The number of aryl methyl sites for hydroxylation is 1. The van der Waals surface area contributed by atoms with Crippen molar-refractivity contribution < 1.29 is 27.5 Å². The number of carbonyl (C=O) groups excluding carboxylic acids is 1. The minimum atomic E-state index is -3.83. The summed E-state index contributed by atoms with van der Waals surface area (Å²) < 4.78 is 30.4. The van der Waals surface area contributed by atoms with Gasteiger partial charge in [0.2, 0.25) is 5.09 Å².